The monoisotopic (exact) mass is 238 g/mol. The molecule has 2 aromatic heterocycles. The predicted octanol–water partition coefficient (Wildman–Crippen LogP) is 0.347. The second-order valence-electron chi connectivity index (χ2n) is 3.19. The summed E-state index contributed by atoms with van der Waals surface area (Å²) < 4.78 is 9.82. The summed E-state index contributed by atoms with van der Waals surface area (Å²) in [5.74, 6) is -0.600. The molecule has 0 aliphatic heterocycles. The van der Waals surface area contributed by atoms with E-state index in [1.165, 1.54) is 6.33 Å². The summed E-state index contributed by atoms with van der Waals surface area (Å²) in [4.78, 5) is 21.2. The van der Waals surface area contributed by atoms with Crippen molar-refractivity contribution in [2.45, 2.75) is 6.42 Å². The summed E-state index contributed by atoms with van der Waals surface area (Å²) in [5.41, 5.74) is 0.0561. The lowest BCUT2D eigenvalue weighted by Crippen LogP contribution is -1.99. The van der Waals surface area contributed by atoms with E-state index in [1.54, 1.807) is 7.11 Å². The van der Waals surface area contributed by atoms with E-state index in [4.69, 9.17) is 14.4 Å². The molecule has 90 valence electrons. The van der Waals surface area contributed by atoms with E-state index in [2.05, 4.69) is 20.1 Å². The van der Waals surface area contributed by atoms with Gasteiger partial charge in [0, 0.05) is 13.5 Å². The lowest BCUT2D eigenvalue weighted by atomic mass is 10.3. The first kappa shape index (κ1) is 11.3. The van der Waals surface area contributed by atoms with Gasteiger partial charge in [0.15, 0.2) is 11.5 Å². The van der Waals surface area contributed by atoms with Gasteiger partial charge >= 0.3 is 5.97 Å². The van der Waals surface area contributed by atoms with Crippen molar-refractivity contribution < 1.29 is 19.2 Å². The van der Waals surface area contributed by atoms with Gasteiger partial charge in [0.05, 0.1) is 12.9 Å². The van der Waals surface area contributed by atoms with Crippen LogP contribution in [0.3, 0.4) is 0 Å². The van der Waals surface area contributed by atoms with E-state index in [1.807, 2.05) is 0 Å². The van der Waals surface area contributed by atoms with Gasteiger partial charge in [0.1, 0.15) is 5.69 Å². The lowest BCUT2D eigenvalue weighted by molar-refractivity contribution is 0.0691. The minimum Gasteiger partial charge on any atom is -0.476 e. The average molecular weight is 238 g/mol. The van der Waals surface area contributed by atoms with Crippen molar-refractivity contribution in [1.29, 1.82) is 0 Å². The molecular weight excluding hydrogens is 228 g/mol. The zero-order valence-corrected chi connectivity index (χ0v) is 9.01. The molecule has 2 N–H and O–H groups in total. The van der Waals surface area contributed by atoms with E-state index in [-0.39, 0.29) is 17.3 Å². The van der Waals surface area contributed by atoms with Gasteiger partial charge in [-0.1, -0.05) is 5.16 Å². The van der Waals surface area contributed by atoms with E-state index < -0.39 is 5.97 Å². The topological polar surface area (TPSA) is 114 Å². The quantitative estimate of drug-likeness (QED) is 0.772. The van der Waals surface area contributed by atoms with E-state index in [0.29, 0.717) is 18.9 Å². The van der Waals surface area contributed by atoms with Gasteiger partial charge in [0.2, 0.25) is 0 Å². The summed E-state index contributed by atoms with van der Waals surface area (Å²) >= 11 is 0. The third kappa shape index (κ3) is 2.31. The Morgan fingerprint density at radius 1 is 1.65 bits per heavy atom. The van der Waals surface area contributed by atoms with E-state index in [0.717, 1.165) is 0 Å². The Morgan fingerprint density at radius 3 is 3.18 bits per heavy atom. The number of hydrogen-bond acceptors (Lipinski definition) is 6. The number of nitrogens with one attached hydrogen (secondary N) is 1. The van der Waals surface area contributed by atoms with Crippen molar-refractivity contribution in [3.63, 3.8) is 0 Å². The molecule has 0 unspecified atom stereocenters. The van der Waals surface area contributed by atoms with Crippen LogP contribution in [0, 0.1) is 0 Å². The van der Waals surface area contributed by atoms with Crippen molar-refractivity contribution in [3.05, 3.63) is 17.8 Å². The Labute approximate surface area is 95.6 Å². The minimum absolute atomic E-state index is 0.103. The van der Waals surface area contributed by atoms with Gasteiger partial charge in [-0.2, -0.15) is 4.98 Å². The standard InChI is InChI=1S/C9H10N4O4/c1-16-3-2-5-12-8(17-13-5)6-7(9(14)15)11-4-10-6/h4H,2-3H2,1H3,(H,10,11)(H,14,15). The third-order valence-electron chi connectivity index (χ3n) is 2.05. The first-order valence-electron chi connectivity index (χ1n) is 4.81. The van der Waals surface area contributed by atoms with Crippen LogP contribution in [0.15, 0.2) is 10.9 Å². The largest absolute Gasteiger partial charge is 0.476 e. The van der Waals surface area contributed by atoms with Gasteiger partial charge in [-0.05, 0) is 0 Å². The SMILES string of the molecule is COCCc1noc(-c2[nH]cnc2C(=O)O)n1. The number of imidazole rings is 1. The summed E-state index contributed by atoms with van der Waals surface area (Å²) in [5, 5.41) is 12.6. The smallest absolute Gasteiger partial charge is 0.356 e. The van der Waals surface area contributed by atoms with Crippen LogP contribution in [0.2, 0.25) is 0 Å². The summed E-state index contributed by atoms with van der Waals surface area (Å²) in [6, 6.07) is 0. The van der Waals surface area contributed by atoms with Crippen LogP contribution in [0.1, 0.15) is 16.3 Å². The number of nitrogens with zero attached hydrogens (tertiary/aromatic N) is 3. The third-order valence-corrected chi connectivity index (χ3v) is 2.05. The van der Waals surface area contributed by atoms with Gasteiger partial charge in [-0.15, -0.1) is 0 Å². The molecule has 0 saturated heterocycles. The number of methoxy groups -OCH3 is 1. The fourth-order valence-electron chi connectivity index (χ4n) is 1.27. The highest BCUT2D eigenvalue weighted by Crippen LogP contribution is 2.18. The Hall–Kier alpha value is -2.22. The minimum atomic E-state index is -1.15. The Bertz CT molecular complexity index is 519. The highest BCUT2D eigenvalue weighted by atomic mass is 16.5. The van der Waals surface area contributed by atoms with Crippen molar-refractivity contribution >= 4 is 5.97 Å². The summed E-state index contributed by atoms with van der Waals surface area (Å²) in [6.45, 7) is 0.466. The number of aromatic amines is 1. The van der Waals surface area contributed by atoms with Crippen molar-refractivity contribution in [3.8, 4) is 11.6 Å². The molecule has 0 radical (unpaired) electrons. The Balaban J connectivity index is 2.24. The second kappa shape index (κ2) is 4.74. The molecule has 0 amide bonds. The lowest BCUT2D eigenvalue weighted by Gasteiger charge is -1.91. The zero-order valence-electron chi connectivity index (χ0n) is 9.01. The predicted molar refractivity (Wildman–Crippen MR) is 54.4 cm³/mol. The number of rotatable bonds is 5. The van der Waals surface area contributed by atoms with Crippen LogP contribution < -0.4 is 0 Å². The van der Waals surface area contributed by atoms with Crippen LogP contribution in [-0.2, 0) is 11.2 Å². The average Bonchev–Trinajstić information content (AvgIpc) is 2.94. The molecular formula is C9H10N4O4. The number of carboxylic acids is 1. The van der Waals surface area contributed by atoms with Gasteiger partial charge < -0.3 is 19.4 Å². The molecule has 17 heavy (non-hydrogen) atoms. The van der Waals surface area contributed by atoms with Crippen LogP contribution in [0.4, 0.5) is 0 Å². The van der Waals surface area contributed by atoms with Crippen LogP contribution in [0.25, 0.3) is 11.6 Å². The molecule has 0 fully saturated rings. The number of aromatic carboxylic acids is 1. The molecule has 2 heterocycles. The number of H-pyrrole nitrogens is 1. The molecule has 0 aromatic carbocycles. The zero-order chi connectivity index (χ0) is 12.3. The summed E-state index contributed by atoms with van der Waals surface area (Å²) in [6.07, 6.45) is 1.76. The van der Waals surface area contributed by atoms with Crippen LogP contribution in [0.5, 0.6) is 0 Å². The maximum absolute atomic E-state index is 10.8. The number of carboxylic acid groups (broad SMARTS) is 1. The van der Waals surface area contributed by atoms with Crippen molar-refractivity contribution in [2.75, 3.05) is 13.7 Å². The molecule has 8 heteroatoms. The number of ether oxygens (including phenoxy) is 1. The molecule has 0 spiro atoms. The Kier molecular flexibility index (Phi) is 3.15. The Morgan fingerprint density at radius 2 is 2.47 bits per heavy atom. The van der Waals surface area contributed by atoms with E-state index in [9.17, 15) is 4.79 Å². The number of hydrogen-bond donors (Lipinski definition) is 2. The van der Waals surface area contributed by atoms with Crippen molar-refractivity contribution in [2.24, 2.45) is 0 Å². The number of carbonyl (C=O) groups is 1. The fourth-order valence-corrected chi connectivity index (χ4v) is 1.27. The van der Waals surface area contributed by atoms with Gasteiger partial charge in [-0.3, -0.25) is 0 Å². The molecule has 0 aliphatic carbocycles. The maximum Gasteiger partial charge on any atom is 0.356 e. The molecule has 0 atom stereocenters. The van der Waals surface area contributed by atoms with Gasteiger partial charge in [-0.25, -0.2) is 9.78 Å². The second-order valence-corrected chi connectivity index (χ2v) is 3.19. The molecule has 2 aromatic rings. The normalized spacial score (nSPS) is 10.6. The van der Waals surface area contributed by atoms with Crippen molar-refractivity contribution in [1.82, 2.24) is 20.1 Å². The first-order valence-corrected chi connectivity index (χ1v) is 4.81. The number of aromatic nitrogens is 4. The molecule has 0 aliphatic rings. The van der Waals surface area contributed by atoms with E-state index >= 15 is 0 Å². The highest BCUT2D eigenvalue weighted by molar-refractivity contribution is 5.91. The molecule has 8 nitrogen and oxygen atoms in total. The summed E-state index contributed by atoms with van der Waals surface area (Å²) in [7, 11) is 1.57. The first-order chi connectivity index (χ1) is 8.22. The fraction of sp³-hybridized carbons (Fsp3) is 0.333. The maximum atomic E-state index is 10.8. The molecule has 0 saturated carbocycles. The highest BCUT2D eigenvalue weighted by Gasteiger charge is 2.19. The van der Waals surface area contributed by atoms with Gasteiger partial charge in [0.25, 0.3) is 5.89 Å². The van der Waals surface area contributed by atoms with Crippen LogP contribution >= 0.6 is 0 Å². The van der Waals surface area contributed by atoms with Crippen LogP contribution in [-0.4, -0.2) is 44.9 Å². The molecule has 2 rings (SSSR count). The molecule has 0 bridgehead atoms.